The van der Waals surface area contributed by atoms with E-state index in [0.29, 0.717) is 18.8 Å². The van der Waals surface area contributed by atoms with Gasteiger partial charge in [0.1, 0.15) is 11.6 Å². The largest absolute Gasteiger partial charge is 0.370 e. The molecular formula is C9H12FN3O. The van der Waals surface area contributed by atoms with Gasteiger partial charge in [-0.3, -0.25) is 4.79 Å². The monoisotopic (exact) mass is 197 g/mol. The molecule has 0 aliphatic carbocycles. The Hall–Kier alpha value is -1.65. The van der Waals surface area contributed by atoms with Crippen molar-refractivity contribution in [1.82, 2.24) is 10.3 Å². The molecule has 0 fully saturated rings. The number of anilines is 1. The number of rotatable bonds is 4. The molecule has 0 spiro atoms. The number of nitrogens with zero attached hydrogens (tertiary/aromatic N) is 1. The maximum atomic E-state index is 12.4. The van der Waals surface area contributed by atoms with Crippen molar-refractivity contribution >= 4 is 11.7 Å². The van der Waals surface area contributed by atoms with E-state index in [4.69, 9.17) is 0 Å². The second-order valence-corrected chi connectivity index (χ2v) is 2.71. The molecule has 0 aliphatic heterocycles. The van der Waals surface area contributed by atoms with Crippen LogP contribution in [0.15, 0.2) is 18.3 Å². The van der Waals surface area contributed by atoms with Crippen LogP contribution in [0.3, 0.4) is 0 Å². The van der Waals surface area contributed by atoms with E-state index in [-0.39, 0.29) is 11.7 Å². The molecule has 76 valence electrons. The quantitative estimate of drug-likeness (QED) is 0.749. The van der Waals surface area contributed by atoms with Crippen molar-refractivity contribution in [2.24, 2.45) is 0 Å². The van der Waals surface area contributed by atoms with E-state index in [1.165, 1.54) is 12.1 Å². The van der Waals surface area contributed by atoms with Crippen molar-refractivity contribution in [3.8, 4) is 0 Å². The topological polar surface area (TPSA) is 54.0 Å². The Labute approximate surface area is 81.5 Å². The fraction of sp³-hybridized carbons (Fsp3) is 0.333. The number of carbonyl (C=O) groups is 1. The highest BCUT2D eigenvalue weighted by atomic mass is 19.1. The molecule has 0 bridgehead atoms. The van der Waals surface area contributed by atoms with Gasteiger partial charge < -0.3 is 10.6 Å². The Balaban J connectivity index is 2.31. The van der Waals surface area contributed by atoms with Gasteiger partial charge in [-0.1, -0.05) is 0 Å². The number of halogens is 1. The van der Waals surface area contributed by atoms with Crippen molar-refractivity contribution in [3.63, 3.8) is 0 Å². The molecule has 0 aromatic carbocycles. The van der Waals surface area contributed by atoms with Crippen LogP contribution >= 0.6 is 0 Å². The van der Waals surface area contributed by atoms with Crippen LogP contribution in [0.2, 0.25) is 0 Å². The van der Waals surface area contributed by atoms with E-state index in [0.717, 1.165) is 6.20 Å². The molecule has 0 unspecified atom stereocenters. The number of nitrogens with one attached hydrogen (secondary N) is 2. The number of pyridine rings is 1. The Kier molecular flexibility index (Phi) is 3.84. The second kappa shape index (κ2) is 5.16. The van der Waals surface area contributed by atoms with E-state index >= 15 is 0 Å². The zero-order valence-corrected chi connectivity index (χ0v) is 7.88. The lowest BCUT2D eigenvalue weighted by Gasteiger charge is -2.03. The first-order chi connectivity index (χ1) is 6.72. The van der Waals surface area contributed by atoms with Gasteiger partial charge in [-0.15, -0.1) is 0 Å². The van der Waals surface area contributed by atoms with Gasteiger partial charge in [0.15, 0.2) is 0 Å². The van der Waals surface area contributed by atoms with E-state index in [1.807, 2.05) is 0 Å². The van der Waals surface area contributed by atoms with E-state index in [1.54, 1.807) is 7.05 Å². The molecule has 5 heteroatoms. The van der Waals surface area contributed by atoms with Crippen LogP contribution < -0.4 is 10.6 Å². The number of aromatic nitrogens is 1. The molecule has 0 aliphatic rings. The van der Waals surface area contributed by atoms with Crippen molar-refractivity contribution in [3.05, 3.63) is 24.1 Å². The fourth-order valence-corrected chi connectivity index (χ4v) is 0.909. The molecule has 14 heavy (non-hydrogen) atoms. The van der Waals surface area contributed by atoms with Gasteiger partial charge in [0, 0.05) is 20.0 Å². The number of hydrogen-bond acceptors (Lipinski definition) is 3. The van der Waals surface area contributed by atoms with Crippen molar-refractivity contribution in [1.29, 1.82) is 0 Å². The second-order valence-electron chi connectivity index (χ2n) is 2.71. The molecule has 1 aromatic heterocycles. The average Bonchev–Trinajstić information content (AvgIpc) is 2.21. The van der Waals surface area contributed by atoms with Crippen LogP contribution in [0.1, 0.15) is 6.42 Å². The molecule has 1 heterocycles. The third-order valence-electron chi connectivity index (χ3n) is 1.66. The summed E-state index contributed by atoms with van der Waals surface area (Å²) in [5, 5.41) is 5.40. The van der Waals surface area contributed by atoms with Gasteiger partial charge in [0.25, 0.3) is 0 Å². The summed E-state index contributed by atoms with van der Waals surface area (Å²) in [4.78, 5) is 14.6. The average molecular weight is 197 g/mol. The maximum Gasteiger partial charge on any atom is 0.221 e. The highest BCUT2D eigenvalue weighted by Gasteiger charge is 1.98. The predicted molar refractivity (Wildman–Crippen MR) is 51.4 cm³/mol. The highest BCUT2D eigenvalue weighted by Crippen LogP contribution is 2.02. The van der Waals surface area contributed by atoms with Crippen LogP contribution in [0.4, 0.5) is 10.2 Å². The SMILES string of the molecule is CNC(=O)CCNc1ccc(F)cn1. The summed E-state index contributed by atoms with van der Waals surface area (Å²) in [5.41, 5.74) is 0. The molecule has 4 nitrogen and oxygen atoms in total. The first-order valence-electron chi connectivity index (χ1n) is 4.28. The predicted octanol–water partition coefficient (Wildman–Crippen LogP) is 0.769. The number of carbonyl (C=O) groups excluding carboxylic acids is 1. The Morgan fingerprint density at radius 1 is 1.57 bits per heavy atom. The smallest absolute Gasteiger partial charge is 0.221 e. The zero-order valence-electron chi connectivity index (χ0n) is 7.88. The summed E-state index contributed by atoms with van der Waals surface area (Å²) in [6.45, 7) is 0.484. The summed E-state index contributed by atoms with van der Waals surface area (Å²) >= 11 is 0. The van der Waals surface area contributed by atoms with Crippen LogP contribution in [0.5, 0.6) is 0 Å². The minimum Gasteiger partial charge on any atom is -0.370 e. The van der Waals surface area contributed by atoms with Gasteiger partial charge >= 0.3 is 0 Å². The normalized spacial score (nSPS) is 9.57. The molecule has 1 rings (SSSR count). The van der Waals surface area contributed by atoms with Crippen LogP contribution in [0, 0.1) is 5.82 Å². The fourth-order valence-electron chi connectivity index (χ4n) is 0.909. The Morgan fingerprint density at radius 2 is 2.36 bits per heavy atom. The highest BCUT2D eigenvalue weighted by molar-refractivity contribution is 5.75. The van der Waals surface area contributed by atoms with Gasteiger partial charge in [-0.05, 0) is 12.1 Å². The zero-order chi connectivity index (χ0) is 10.4. The van der Waals surface area contributed by atoms with Crippen LogP contribution in [0.25, 0.3) is 0 Å². The number of hydrogen-bond donors (Lipinski definition) is 2. The standard InChI is InChI=1S/C9H12FN3O/c1-11-9(14)4-5-12-8-3-2-7(10)6-13-8/h2-3,6H,4-5H2,1H3,(H,11,14)(H,12,13). The van der Waals surface area contributed by atoms with Crippen LogP contribution in [-0.4, -0.2) is 24.5 Å². The lowest BCUT2D eigenvalue weighted by atomic mass is 10.4. The minimum atomic E-state index is -0.373. The third-order valence-corrected chi connectivity index (χ3v) is 1.66. The van der Waals surface area contributed by atoms with E-state index < -0.39 is 0 Å². The van der Waals surface area contributed by atoms with Gasteiger partial charge in [0.05, 0.1) is 6.20 Å². The first kappa shape index (κ1) is 10.4. The summed E-state index contributed by atoms with van der Waals surface area (Å²) in [5.74, 6) is 0.150. The third kappa shape index (κ3) is 3.38. The number of amides is 1. The summed E-state index contributed by atoms with van der Waals surface area (Å²) in [7, 11) is 1.58. The summed E-state index contributed by atoms with van der Waals surface area (Å²) in [6, 6.07) is 2.84. The van der Waals surface area contributed by atoms with Crippen molar-refractivity contribution in [2.75, 3.05) is 18.9 Å². The van der Waals surface area contributed by atoms with Gasteiger partial charge in [0.2, 0.25) is 5.91 Å². The molecule has 0 saturated heterocycles. The van der Waals surface area contributed by atoms with E-state index in [9.17, 15) is 9.18 Å². The lowest BCUT2D eigenvalue weighted by molar-refractivity contribution is -0.120. The van der Waals surface area contributed by atoms with Crippen molar-refractivity contribution < 1.29 is 9.18 Å². The molecule has 1 amide bonds. The van der Waals surface area contributed by atoms with E-state index in [2.05, 4.69) is 15.6 Å². The maximum absolute atomic E-state index is 12.4. The lowest BCUT2D eigenvalue weighted by Crippen LogP contribution is -2.20. The first-order valence-corrected chi connectivity index (χ1v) is 4.28. The van der Waals surface area contributed by atoms with Crippen LogP contribution in [-0.2, 0) is 4.79 Å². The Morgan fingerprint density at radius 3 is 2.93 bits per heavy atom. The summed E-state index contributed by atoms with van der Waals surface area (Å²) in [6.07, 6.45) is 1.50. The molecule has 0 radical (unpaired) electrons. The summed E-state index contributed by atoms with van der Waals surface area (Å²) < 4.78 is 12.4. The molecule has 2 N–H and O–H groups in total. The van der Waals surface area contributed by atoms with Gasteiger partial charge in [-0.2, -0.15) is 0 Å². The van der Waals surface area contributed by atoms with Gasteiger partial charge in [-0.25, -0.2) is 9.37 Å². The molecular weight excluding hydrogens is 185 g/mol. The molecule has 1 aromatic rings. The molecule has 0 saturated carbocycles. The van der Waals surface area contributed by atoms with Crippen molar-refractivity contribution in [2.45, 2.75) is 6.42 Å². The minimum absolute atomic E-state index is 0.0420. The molecule has 0 atom stereocenters. The Bertz CT molecular complexity index is 299.